The van der Waals surface area contributed by atoms with Crippen molar-refractivity contribution in [2.45, 2.75) is 76.3 Å². The number of anilines is 1. The van der Waals surface area contributed by atoms with E-state index < -0.39 is 0 Å². The smallest absolute Gasteiger partial charge is 0.229 e. The first kappa shape index (κ1) is 30.1. The average molecular weight is 615 g/mol. The van der Waals surface area contributed by atoms with Gasteiger partial charge in [-0.25, -0.2) is 9.97 Å². The minimum absolute atomic E-state index is 0.0287. The van der Waals surface area contributed by atoms with Crippen molar-refractivity contribution in [1.82, 2.24) is 30.0 Å². The Morgan fingerprint density at radius 3 is 2.28 bits per heavy atom. The largest absolute Gasteiger partial charge is 0.366 e. The Kier molecular flexibility index (Phi) is 8.78. The van der Waals surface area contributed by atoms with Gasteiger partial charge in [0.1, 0.15) is 23.3 Å². The summed E-state index contributed by atoms with van der Waals surface area (Å²) in [5, 5.41) is 20.9. The Bertz CT molecular complexity index is 1670. The monoisotopic (exact) mass is 614 g/mol. The Balaban J connectivity index is 1.03. The van der Waals surface area contributed by atoms with Crippen LogP contribution in [0, 0.1) is 35.0 Å². The summed E-state index contributed by atoms with van der Waals surface area (Å²) < 4.78 is 1.78. The molecule has 0 aliphatic heterocycles. The van der Waals surface area contributed by atoms with Gasteiger partial charge in [0, 0.05) is 49.6 Å². The Labute approximate surface area is 270 Å². The SMILES string of the molecule is Cn1cc(-c2ccc(C(C(=O)NCc3ccccc3)[C@H]3CC[C@H](Cc4ncc(C#N)c(NC(C5CC5)C5CC5)n4)CC3)nc2)cn1. The molecule has 1 aromatic carbocycles. The van der Waals surface area contributed by atoms with Gasteiger partial charge in [-0.1, -0.05) is 36.4 Å². The summed E-state index contributed by atoms with van der Waals surface area (Å²) in [5.41, 5.74) is 4.42. The van der Waals surface area contributed by atoms with Gasteiger partial charge in [0.25, 0.3) is 0 Å². The standard InChI is InChI=1S/C37H42N8O/c1-45-23-31(22-42-45)29-15-16-32(39-20-29)34(37(46)41-19-25-5-3-2-4-6-25)26-9-7-24(8-10-26)17-33-40-21-30(18-38)36(43-33)44-35(27-11-12-27)28-13-14-28/h2-6,15-16,20-24,26-28,34-35H,7-14,17,19H2,1H3,(H,41,46)(H,40,43,44)/t24-,26-,34?. The van der Waals surface area contributed by atoms with Gasteiger partial charge in [-0.05, 0) is 86.7 Å². The van der Waals surface area contributed by atoms with E-state index in [1.165, 1.54) is 25.7 Å². The summed E-state index contributed by atoms with van der Waals surface area (Å²) in [6.07, 6.45) is 17.1. The topological polar surface area (TPSA) is 121 Å². The molecule has 236 valence electrons. The van der Waals surface area contributed by atoms with Crippen molar-refractivity contribution >= 4 is 11.7 Å². The second-order valence-corrected chi connectivity index (χ2v) is 13.5. The van der Waals surface area contributed by atoms with Crippen LogP contribution in [-0.4, -0.2) is 36.7 Å². The summed E-state index contributed by atoms with van der Waals surface area (Å²) in [6, 6.07) is 16.8. The zero-order chi connectivity index (χ0) is 31.5. The molecule has 3 saturated carbocycles. The van der Waals surface area contributed by atoms with Crippen LogP contribution in [0.3, 0.4) is 0 Å². The number of pyridine rings is 1. The molecule has 7 rings (SSSR count). The van der Waals surface area contributed by atoms with E-state index in [4.69, 9.17) is 9.97 Å². The number of hydrogen-bond acceptors (Lipinski definition) is 7. The highest BCUT2D eigenvalue weighted by atomic mass is 16.1. The van der Waals surface area contributed by atoms with E-state index in [1.807, 2.05) is 68.1 Å². The lowest BCUT2D eigenvalue weighted by Gasteiger charge is -2.33. The molecule has 4 aromatic rings. The van der Waals surface area contributed by atoms with Crippen LogP contribution in [0.2, 0.25) is 0 Å². The highest BCUT2D eigenvalue weighted by Crippen LogP contribution is 2.46. The maximum atomic E-state index is 13.8. The molecule has 2 N–H and O–H groups in total. The van der Waals surface area contributed by atoms with Crippen molar-refractivity contribution in [2.75, 3.05) is 5.32 Å². The molecule has 0 saturated heterocycles. The van der Waals surface area contributed by atoms with E-state index in [9.17, 15) is 10.1 Å². The number of nitrogens with one attached hydrogen (secondary N) is 2. The van der Waals surface area contributed by atoms with E-state index in [1.54, 1.807) is 10.9 Å². The van der Waals surface area contributed by atoms with Crippen LogP contribution >= 0.6 is 0 Å². The predicted octanol–water partition coefficient (Wildman–Crippen LogP) is 6.19. The molecule has 1 amide bonds. The molecule has 0 spiro atoms. The molecule has 46 heavy (non-hydrogen) atoms. The van der Waals surface area contributed by atoms with Crippen LogP contribution < -0.4 is 10.6 Å². The second-order valence-electron chi connectivity index (χ2n) is 13.5. The van der Waals surface area contributed by atoms with Gasteiger partial charge >= 0.3 is 0 Å². The molecule has 3 aliphatic rings. The number of carbonyl (C=O) groups is 1. The molecule has 0 radical (unpaired) electrons. The molecular formula is C37H42N8O. The lowest BCUT2D eigenvalue weighted by atomic mass is 9.73. The van der Waals surface area contributed by atoms with Crippen LogP contribution in [0.15, 0.2) is 67.3 Å². The molecule has 0 bridgehead atoms. The number of carbonyl (C=O) groups excluding carboxylic acids is 1. The fourth-order valence-corrected chi connectivity index (χ4v) is 7.20. The van der Waals surface area contributed by atoms with Crippen molar-refractivity contribution < 1.29 is 4.79 Å². The van der Waals surface area contributed by atoms with Crippen molar-refractivity contribution in [2.24, 2.45) is 30.7 Å². The van der Waals surface area contributed by atoms with Gasteiger partial charge in [-0.3, -0.25) is 14.5 Å². The zero-order valence-corrected chi connectivity index (χ0v) is 26.5. The maximum Gasteiger partial charge on any atom is 0.229 e. The summed E-state index contributed by atoms with van der Waals surface area (Å²) >= 11 is 0. The van der Waals surface area contributed by atoms with E-state index in [0.717, 1.165) is 60.3 Å². The van der Waals surface area contributed by atoms with Crippen LogP contribution in [0.1, 0.15) is 79.9 Å². The fourth-order valence-electron chi connectivity index (χ4n) is 7.20. The van der Waals surface area contributed by atoms with Crippen LogP contribution in [-0.2, 0) is 24.8 Å². The molecule has 3 aliphatic carbocycles. The number of nitrogens with zero attached hydrogens (tertiary/aromatic N) is 6. The molecule has 9 nitrogen and oxygen atoms in total. The second kappa shape index (κ2) is 13.4. The molecule has 1 atom stereocenters. The minimum Gasteiger partial charge on any atom is -0.366 e. The first-order chi connectivity index (χ1) is 22.5. The molecular weight excluding hydrogens is 572 g/mol. The predicted molar refractivity (Wildman–Crippen MR) is 176 cm³/mol. The quantitative estimate of drug-likeness (QED) is 0.195. The van der Waals surface area contributed by atoms with Crippen molar-refractivity contribution in [1.29, 1.82) is 5.26 Å². The molecule has 9 heteroatoms. The van der Waals surface area contributed by atoms with Crippen molar-refractivity contribution in [3.63, 3.8) is 0 Å². The van der Waals surface area contributed by atoms with Gasteiger partial charge in [0.15, 0.2) is 0 Å². The van der Waals surface area contributed by atoms with Crippen LogP contribution in [0.4, 0.5) is 5.82 Å². The molecule has 1 unspecified atom stereocenters. The maximum absolute atomic E-state index is 13.8. The van der Waals surface area contributed by atoms with E-state index in [2.05, 4.69) is 26.8 Å². The van der Waals surface area contributed by atoms with Gasteiger partial charge in [0.2, 0.25) is 5.91 Å². The number of hydrogen-bond donors (Lipinski definition) is 2. The highest BCUT2D eigenvalue weighted by molar-refractivity contribution is 5.83. The van der Waals surface area contributed by atoms with Crippen molar-refractivity contribution in [3.8, 4) is 17.2 Å². The Morgan fingerprint density at radius 1 is 0.913 bits per heavy atom. The van der Waals surface area contributed by atoms with Gasteiger partial charge in [0.05, 0.1) is 24.0 Å². The number of rotatable bonds is 12. The Morgan fingerprint density at radius 2 is 1.65 bits per heavy atom. The van der Waals surface area contributed by atoms with Gasteiger partial charge < -0.3 is 10.6 Å². The van der Waals surface area contributed by atoms with Gasteiger partial charge in [-0.15, -0.1) is 0 Å². The molecule has 3 fully saturated rings. The third kappa shape index (κ3) is 7.12. The average Bonchev–Trinajstić information content (AvgIpc) is 4.03. The first-order valence-corrected chi connectivity index (χ1v) is 16.8. The highest BCUT2D eigenvalue weighted by Gasteiger charge is 2.42. The van der Waals surface area contributed by atoms with Crippen LogP contribution in [0.5, 0.6) is 0 Å². The first-order valence-electron chi connectivity index (χ1n) is 16.8. The summed E-state index contributed by atoms with van der Waals surface area (Å²) in [6.45, 7) is 0.494. The van der Waals surface area contributed by atoms with E-state index in [0.29, 0.717) is 41.7 Å². The lowest BCUT2D eigenvalue weighted by molar-refractivity contribution is -0.124. The number of benzene rings is 1. The van der Waals surface area contributed by atoms with Gasteiger partial charge in [-0.2, -0.15) is 10.4 Å². The molecule has 3 heterocycles. The number of aryl methyl sites for hydroxylation is 1. The van der Waals surface area contributed by atoms with Crippen molar-refractivity contribution in [3.05, 3.63) is 89.9 Å². The third-order valence-corrected chi connectivity index (χ3v) is 10.1. The fraction of sp³-hybridized carbons (Fsp3) is 0.459. The summed E-state index contributed by atoms with van der Waals surface area (Å²) in [5.74, 6) is 3.28. The third-order valence-electron chi connectivity index (χ3n) is 10.1. The van der Waals surface area contributed by atoms with E-state index >= 15 is 0 Å². The Hall–Kier alpha value is -4.58. The minimum atomic E-state index is -0.323. The summed E-state index contributed by atoms with van der Waals surface area (Å²) in [4.78, 5) is 28.1. The number of amides is 1. The normalized spacial score (nSPS) is 20.2. The molecule has 3 aromatic heterocycles. The van der Waals surface area contributed by atoms with E-state index in [-0.39, 0.29) is 17.7 Å². The number of nitriles is 1. The number of aromatic nitrogens is 5. The van der Waals surface area contributed by atoms with Crippen LogP contribution in [0.25, 0.3) is 11.1 Å². The lowest BCUT2D eigenvalue weighted by Crippen LogP contribution is -2.35. The summed E-state index contributed by atoms with van der Waals surface area (Å²) in [7, 11) is 1.90. The zero-order valence-electron chi connectivity index (χ0n) is 26.5.